The summed E-state index contributed by atoms with van der Waals surface area (Å²) in [5.74, 6) is 0. The van der Waals surface area contributed by atoms with Gasteiger partial charge in [0.25, 0.3) is 0 Å². The SMILES string of the molecule is CCO[Si](CC)(OCC)C(CC)OCC1(CC)COC1. The van der Waals surface area contributed by atoms with Crippen LogP contribution in [-0.2, 0) is 18.3 Å². The number of ether oxygens (including phenoxy) is 2. The van der Waals surface area contributed by atoms with E-state index in [0.29, 0.717) is 13.2 Å². The van der Waals surface area contributed by atoms with Crippen LogP contribution in [0.5, 0.6) is 0 Å². The standard InChI is InChI=1S/C15H32O4Si/c1-6-14(17-13-15(7-2)11-16-12-15)20(10-5,18-8-3)19-9-4/h14H,6-13H2,1-5H3. The van der Waals surface area contributed by atoms with E-state index in [-0.39, 0.29) is 11.1 Å². The Morgan fingerprint density at radius 2 is 1.65 bits per heavy atom. The Morgan fingerprint density at radius 3 is 1.95 bits per heavy atom. The highest BCUT2D eigenvalue weighted by molar-refractivity contribution is 6.68. The molecule has 20 heavy (non-hydrogen) atoms. The van der Waals surface area contributed by atoms with E-state index < -0.39 is 8.56 Å². The normalized spacial score (nSPS) is 19.6. The Bertz CT molecular complexity index is 257. The van der Waals surface area contributed by atoms with Crippen LogP contribution in [0, 0.1) is 5.41 Å². The molecule has 4 nitrogen and oxygen atoms in total. The molecule has 0 spiro atoms. The van der Waals surface area contributed by atoms with E-state index in [1.807, 2.05) is 13.8 Å². The lowest BCUT2D eigenvalue weighted by atomic mass is 9.84. The number of hydrogen-bond donors (Lipinski definition) is 0. The minimum atomic E-state index is -2.26. The Balaban J connectivity index is 2.68. The first kappa shape index (κ1) is 18.1. The maximum atomic E-state index is 6.28. The van der Waals surface area contributed by atoms with E-state index in [9.17, 15) is 0 Å². The first-order valence-corrected chi connectivity index (χ1v) is 10.2. The second-order valence-corrected chi connectivity index (χ2v) is 9.14. The van der Waals surface area contributed by atoms with Crippen LogP contribution in [0.4, 0.5) is 0 Å². The third-order valence-corrected chi connectivity index (χ3v) is 8.38. The molecule has 1 aliphatic heterocycles. The third kappa shape index (κ3) is 4.04. The maximum absolute atomic E-state index is 6.28. The van der Waals surface area contributed by atoms with Crippen molar-refractivity contribution in [1.29, 1.82) is 0 Å². The average Bonchev–Trinajstić information content (AvgIpc) is 2.42. The zero-order valence-corrected chi connectivity index (χ0v) is 14.9. The Hall–Kier alpha value is 0.0569. The van der Waals surface area contributed by atoms with Gasteiger partial charge >= 0.3 is 8.56 Å². The molecule has 1 saturated heterocycles. The van der Waals surface area contributed by atoms with Crippen LogP contribution >= 0.6 is 0 Å². The van der Waals surface area contributed by atoms with Gasteiger partial charge in [0.15, 0.2) is 0 Å². The summed E-state index contributed by atoms with van der Waals surface area (Å²) >= 11 is 0. The van der Waals surface area contributed by atoms with Gasteiger partial charge in [0, 0.05) is 18.6 Å². The molecule has 0 saturated carbocycles. The second-order valence-electron chi connectivity index (χ2n) is 5.59. The molecule has 1 unspecified atom stereocenters. The lowest BCUT2D eigenvalue weighted by molar-refractivity contribution is -0.157. The zero-order chi connectivity index (χ0) is 15.1. The van der Waals surface area contributed by atoms with Gasteiger partial charge < -0.3 is 18.3 Å². The lowest BCUT2D eigenvalue weighted by Gasteiger charge is -2.43. The number of rotatable bonds is 11. The molecular formula is C15H32O4Si. The zero-order valence-electron chi connectivity index (χ0n) is 13.9. The van der Waals surface area contributed by atoms with Gasteiger partial charge in [-0.1, -0.05) is 20.8 Å². The van der Waals surface area contributed by atoms with Crippen molar-refractivity contribution < 1.29 is 18.3 Å². The molecule has 5 heteroatoms. The van der Waals surface area contributed by atoms with Crippen molar-refractivity contribution in [2.45, 2.75) is 59.2 Å². The molecule has 0 N–H and O–H groups in total. The second kappa shape index (κ2) is 8.49. The van der Waals surface area contributed by atoms with Crippen molar-refractivity contribution in [1.82, 2.24) is 0 Å². The molecule has 1 heterocycles. The minimum absolute atomic E-state index is 0.108. The van der Waals surface area contributed by atoms with Crippen LogP contribution in [-0.4, -0.2) is 47.3 Å². The molecule has 1 rings (SSSR count). The molecule has 120 valence electrons. The fraction of sp³-hybridized carbons (Fsp3) is 1.00. The van der Waals surface area contributed by atoms with Crippen LogP contribution < -0.4 is 0 Å². The van der Waals surface area contributed by atoms with Gasteiger partial charge in [-0.3, -0.25) is 0 Å². The Labute approximate surface area is 125 Å². The van der Waals surface area contributed by atoms with Gasteiger partial charge in [-0.15, -0.1) is 0 Å². The first-order chi connectivity index (χ1) is 9.62. The molecule has 0 aromatic carbocycles. The summed E-state index contributed by atoms with van der Waals surface area (Å²) in [6, 6.07) is 0.933. The quantitative estimate of drug-likeness (QED) is 0.549. The van der Waals surface area contributed by atoms with E-state index >= 15 is 0 Å². The van der Waals surface area contributed by atoms with Crippen molar-refractivity contribution >= 4 is 8.56 Å². The maximum Gasteiger partial charge on any atom is 0.367 e. The molecule has 0 aromatic heterocycles. The van der Waals surface area contributed by atoms with E-state index in [2.05, 4.69) is 20.8 Å². The van der Waals surface area contributed by atoms with Crippen molar-refractivity contribution in [2.24, 2.45) is 5.41 Å². The van der Waals surface area contributed by atoms with Gasteiger partial charge in [-0.25, -0.2) is 0 Å². The number of hydrogen-bond acceptors (Lipinski definition) is 4. The fourth-order valence-corrected chi connectivity index (χ4v) is 6.02. The molecule has 0 bridgehead atoms. The smallest absolute Gasteiger partial charge is 0.367 e. The monoisotopic (exact) mass is 304 g/mol. The van der Waals surface area contributed by atoms with Gasteiger partial charge in [0.05, 0.1) is 19.8 Å². The third-order valence-electron chi connectivity index (χ3n) is 4.29. The highest BCUT2D eigenvalue weighted by Crippen LogP contribution is 2.33. The van der Waals surface area contributed by atoms with Gasteiger partial charge in [0.2, 0.25) is 0 Å². The summed E-state index contributed by atoms with van der Waals surface area (Å²) in [6.45, 7) is 14.4. The minimum Gasteiger partial charge on any atom is -0.393 e. The Morgan fingerprint density at radius 1 is 1.05 bits per heavy atom. The lowest BCUT2D eigenvalue weighted by Crippen LogP contribution is -2.56. The predicted molar refractivity (Wildman–Crippen MR) is 83.1 cm³/mol. The summed E-state index contributed by atoms with van der Waals surface area (Å²) in [7, 11) is -2.26. The molecule has 1 atom stereocenters. The van der Waals surface area contributed by atoms with Gasteiger partial charge in [0.1, 0.15) is 5.73 Å². The molecule has 0 radical (unpaired) electrons. The Kier molecular flexibility index (Phi) is 7.68. The van der Waals surface area contributed by atoms with E-state index in [4.69, 9.17) is 18.3 Å². The predicted octanol–water partition coefficient (Wildman–Crippen LogP) is 3.28. The van der Waals surface area contributed by atoms with Crippen LogP contribution in [0.15, 0.2) is 0 Å². The van der Waals surface area contributed by atoms with Gasteiger partial charge in [-0.2, -0.15) is 0 Å². The van der Waals surface area contributed by atoms with E-state index in [1.54, 1.807) is 0 Å². The van der Waals surface area contributed by atoms with Crippen LogP contribution in [0.1, 0.15) is 47.5 Å². The largest absolute Gasteiger partial charge is 0.393 e. The fourth-order valence-electron chi connectivity index (χ4n) is 2.76. The van der Waals surface area contributed by atoms with E-state index in [0.717, 1.165) is 38.7 Å². The average molecular weight is 305 g/mol. The molecular weight excluding hydrogens is 272 g/mol. The first-order valence-electron chi connectivity index (χ1n) is 8.09. The van der Waals surface area contributed by atoms with Crippen LogP contribution in [0.2, 0.25) is 6.04 Å². The summed E-state index contributed by atoms with van der Waals surface area (Å²) in [6.07, 6.45) is 2.05. The summed E-state index contributed by atoms with van der Waals surface area (Å²) in [4.78, 5) is 0. The van der Waals surface area contributed by atoms with Gasteiger partial charge in [-0.05, 0) is 32.7 Å². The van der Waals surface area contributed by atoms with Crippen LogP contribution in [0.3, 0.4) is 0 Å². The summed E-state index contributed by atoms with van der Waals surface area (Å²) in [5, 5.41) is 0. The summed E-state index contributed by atoms with van der Waals surface area (Å²) < 4.78 is 23.8. The van der Waals surface area contributed by atoms with E-state index in [1.165, 1.54) is 0 Å². The molecule has 1 fully saturated rings. The summed E-state index contributed by atoms with van der Waals surface area (Å²) in [5.41, 5.74) is 0.330. The molecule has 0 amide bonds. The highest BCUT2D eigenvalue weighted by Gasteiger charge is 2.46. The van der Waals surface area contributed by atoms with Crippen molar-refractivity contribution in [2.75, 3.05) is 33.0 Å². The topological polar surface area (TPSA) is 36.9 Å². The van der Waals surface area contributed by atoms with Crippen molar-refractivity contribution in [3.63, 3.8) is 0 Å². The molecule has 0 aliphatic carbocycles. The molecule has 0 aromatic rings. The van der Waals surface area contributed by atoms with Crippen molar-refractivity contribution in [3.05, 3.63) is 0 Å². The van der Waals surface area contributed by atoms with Crippen molar-refractivity contribution in [3.8, 4) is 0 Å². The highest BCUT2D eigenvalue weighted by atomic mass is 28.4. The molecule has 1 aliphatic rings. The van der Waals surface area contributed by atoms with Crippen LogP contribution in [0.25, 0.3) is 0 Å².